The standard InChI is InChI=1S/C24H23N3O3/c1-13(28)14-5-7-18-15(9-14)12-21(27-18)23(30)25-17-6-8-19-16(10-17)11-20(26-19)22(29)24(2,3)4/h5-12,26-27H,1-4H3,(H,25,30). The fourth-order valence-electron chi connectivity index (χ4n) is 3.41. The van der Waals surface area contributed by atoms with Gasteiger partial charge in [-0.3, -0.25) is 14.4 Å². The van der Waals surface area contributed by atoms with E-state index in [1.165, 1.54) is 6.92 Å². The molecule has 0 bridgehead atoms. The summed E-state index contributed by atoms with van der Waals surface area (Å²) in [7, 11) is 0. The SMILES string of the molecule is CC(=O)c1ccc2[nH]c(C(=O)Nc3ccc4[nH]c(C(=O)C(C)(C)C)cc4c3)cc2c1. The molecular weight excluding hydrogens is 378 g/mol. The van der Waals surface area contributed by atoms with Crippen LogP contribution >= 0.6 is 0 Å². The average molecular weight is 401 g/mol. The molecule has 0 aliphatic carbocycles. The van der Waals surface area contributed by atoms with E-state index in [1.54, 1.807) is 30.3 Å². The third kappa shape index (κ3) is 3.64. The quantitative estimate of drug-likeness (QED) is 0.403. The summed E-state index contributed by atoms with van der Waals surface area (Å²) in [6.45, 7) is 7.16. The summed E-state index contributed by atoms with van der Waals surface area (Å²) in [6.07, 6.45) is 0. The van der Waals surface area contributed by atoms with Gasteiger partial charge in [0.05, 0.1) is 5.69 Å². The number of nitrogens with one attached hydrogen (secondary N) is 3. The van der Waals surface area contributed by atoms with Crippen molar-refractivity contribution < 1.29 is 14.4 Å². The van der Waals surface area contributed by atoms with Gasteiger partial charge in [0.25, 0.3) is 5.91 Å². The van der Waals surface area contributed by atoms with Crippen LogP contribution in [-0.2, 0) is 0 Å². The van der Waals surface area contributed by atoms with Crippen molar-refractivity contribution >= 4 is 45.0 Å². The number of carbonyl (C=O) groups excluding carboxylic acids is 3. The summed E-state index contributed by atoms with van der Waals surface area (Å²) in [6, 6.07) is 14.3. The van der Waals surface area contributed by atoms with Gasteiger partial charge in [0.2, 0.25) is 0 Å². The first-order chi connectivity index (χ1) is 14.1. The Hall–Kier alpha value is -3.67. The minimum absolute atomic E-state index is 0.0202. The highest BCUT2D eigenvalue weighted by Gasteiger charge is 2.24. The number of rotatable bonds is 4. The number of Topliss-reactive ketones (excluding diaryl/α,β-unsaturated/α-hetero) is 2. The number of H-pyrrole nitrogens is 2. The van der Waals surface area contributed by atoms with Gasteiger partial charge >= 0.3 is 0 Å². The zero-order valence-electron chi connectivity index (χ0n) is 17.3. The van der Waals surface area contributed by atoms with E-state index in [2.05, 4.69) is 15.3 Å². The fraction of sp³-hybridized carbons (Fsp3) is 0.208. The van der Waals surface area contributed by atoms with Gasteiger partial charge in [0.15, 0.2) is 11.6 Å². The first-order valence-electron chi connectivity index (χ1n) is 9.74. The number of anilines is 1. The van der Waals surface area contributed by atoms with Gasteiger partial charge in [0.1, 0.15) is 5.69 Å². The van der Waals surface area contributed by atoms with Crippen LogP contribution in [0.15, 0.2) is 48.5 Å². The molecule has 2 heterocycles. The summed E-state index contributed by atoms with van der Waals surface area (Å²) >= 11 is 0. The van der Waals surface area contributed by atoms with Crippen molar-refractivity contribution in [3.63, 3.8) is 0 Å². The summed E-state index contributed by atoms with van der Waals surface area (Å²) in [4.78, 5) is 43.0. The number of amides is 1. The molecule has 4 aromatic rings. The second-order valence-corrected chi connectivity index (χ2v) is 8.56. The summed E-state index contributed by atoms with van der Waals surface area (Å²) in [5.41, 5.74) is 3.34. The van der Waals surface area contributed by atoms with Gasteiger partial charge < -0.3 is 15.3 Å². The van der Waals surface area contributed by atoms with Gasteiger partial charge in [-0.15, -0.1) is 0 Å². The first-order valence-corrected chi connectivity index (χ1v) is 9.74. The predicted octanol–water partition coefficient (Wildman–Crippen LogP) is 5.33. The number of hydrogen-bond acceptors (Lipinski definition) is 3. The zero-order chi connectivity index (χ0) is 21.6. The zero-order valence-corrected chi connectivity index (χ0v) is 17.3. The van der Waals surface area contributed by atoms with Crippen molar-refractivity contribution in [3.05, 3.63) is 65.5 Å². The van der Waals surface area contributed by atoms with E-state index < -0.39 is 5.41 Å². The fourth-order valence-corrected chi connectivity index (χ4v) is 3.41. The monoisotopic (exact) mass is 401 g/mol. The van der Waals surface area contributed by atoms with Crippen LogP contribution in [0.25, 0.3) is 21.8 Å². The molecule has 0 unspecified atom stereocenters. The minimum atomic E-state index is -0.476. The third-order valence-corrected chi connectivity index (χ3v) is 5.08. The van der Waals surface area contributed by atoms with E-state index in [0.29, 0.717) is 22.6 Å². The predicted molar refractivity (Wildman–Crippen MR) is 118 cm³/mol. The van der Waals surface area contributed by atoms with Gasteiger partial charge in [-0.1, -0.05) is 20.8 Å². The topological polar surface area (TPSA) is 94.8 Å². The van der Waals surface area contributed by atoms with Gasteiger partial charge in [-0.05, 0) is 55.5 Å². The number of aromatic nitrogens is 2. The Balaban J connectivity index is 1.59. The highest BCUT2D eigenvalue weighted by Crippen LogP contribution is 2.26. The number of aromatic amines is 2. The maximum absolute atomic E-state index is 12.7. The lowest BCUT2D eigenvalue weighted by Gasteiger charge is -2.14. The molecule has 2 aromatic heterocycles. The Labute approximate surface area is 173 Å². The molecule has 0 saturated heterocycles. The Kier molecular flexibility index (Phi) is 4.57. The first kappa shape index (κ1) is 19.6. The Morgan fingerprint density at radius 1 is 0.800 bits per heavy atom. The lowest BCUT2D eigenvalue weighted by Crippen LogP contribution is -2.20. The molecule has 0 fully saturated rings. The second kappa shape index (κ2) is 6.99. The van der Waals surface area contributed by atoms with Crippen molar-refractivity contribution in [2.45, 2.75) is 27.7 Å². The van der Waals surface area contributed by atoms with Crippen molar-refractivity contribution in [1.82, 2.24) is 9.97 Å². The smallest absolute Gasteiger partial charge is 0.272 e. The average Bonchev–Trinajstić information content (AvgIpc) is 3.29. The number of fused-ring (bicyclic) bond motifs is 2. The van der Waals surface area contributed by atoms with Crippen LogP contribution in [0.3, 0.4) is 0 Å². The van der Waals surface area contributed by atoms with Crippen molar-refractivity contribution in [2.75, 3.05) is 5.32 Å². The van der Waals surface area contributed by atoms with Crippen LogP contribution in [0.1, 0.15) is 59.0 Å². The molecule has 0 aliphatic heterocycles. The van der Waals surface area contributed by atoms with E-state index >= 15 is 0 Å². The maximum Gasteiger partial charge on any atom is 0.272 e. The normalized spacial score (nSPS) is 11.7. The van der Waals surface area contributed by atoms with Crippen LogP contribution in [-0.4, -0.2) is 27.4 Å². The van der Waals surface area contributed by atoms with Crippen LogP contribution in [0.4, 0.5) is 5.69 Å². The van der Waals surface area contributed by atoms with Crippen LogP contribution in [0.5, 0.6) is 0 Å². The van der Waals surface area contributed by atoms with E-state index in [1.807, 2.05) is 39.0 Å². The Morgan fingerprint density at radius 2 is 1.40 bits per heavy atom. The molecule has 0 spiro atoms. The van der Waals surface area contributed by atoms with Gasteiger partial charge in [-0.2, -0.15) is 0 Å². The van der Waals surface area contributed by atoms with Crippen molar-refractivity contribution in [2.24, 2.45) is 5.41 Å². The van der Waals surface area contributed by atoms with Crippen molar-refractivity contribution in [3.8, 4) is 0 Å². The lowest BCUT2D eigenvalue weighted by atomic mass is 9.89. The van der Waals surface area contributed by atoms with Crippen LogP contribution in [0.2, 0.25) is 0 Å². The molecule has 4 rings (SSSR count). The molecular formula is C24H23N3O3. The molecule has 0 aliphatic rings. The third-order valence-electron chi connectivity index (χ3n) is 5.08. The highest BCUT2D eigenvalue weighted by atomic mass is 16.2. The molecule has 0 atom stereocenters. The van der Waals surface area contributed by atoms with Gasteiger partial charge in [-0.25, -0.2) is 0 Å². The Morgan fingerprint density at radius 3 is 2.07 bits per heavy atom. The number of benzene rings is 2. The molecule has 0 saturated carbocycles. The molecule has 0 radical (unpaired) electrons. The largest absolute Gasteiger partial charge is 0.352 e. The molecule has 6 nitrogen and oxygen atoms in total. The van der Waals surface area contributed by atoms with E-state index in [0.717, 1.165) is 21.8 Å². The highest BCUT2D eigenvalue weighted by molar-refractivity contribution is 6.08. The molecule has 30 heavy (non-hydrogen) atoms. The summed E-state index contributed by atoms with van der Waals surface area (Å²) in [5.74, 6) is -0.267. The van der Waals surface area contributed by atoms with E-state index in [4.69, 9.17) is 0 Å². The molecule has 2 aromatic carbocycles. The molecule has 3 N–H and O–H groups in total. The van der Waals surface area contributed by atoms with E-state index in [9.17, 15) is 14.4 Å². The Bertz CT molecular complexity index is 1320. The molecule has 152 valence electrons. The molecule has 6 heteroatoms. The van der Waals surface area contributed by atoms with Crippen molar-refractivity contribution in [1.29, 1.82) is 0 Å². The number of hydrogen-bond donors (Lipinski definition) is 3. The molecule has 1 amide bonds. The van der Waals surface area contributed by atoms with Crippen LogP contribution < -0.4 is 5.32 Å². The lowest BCUT2D eigenvalue weighted by molar-refractivity contribution is 0.0853. The summed E-state index contributed by atoms with van der Waals surface area (Å²) in [5, 5.41) is 4.54. The van der Waals surface area contributed by atoms with E-state index in [-0.39, 0.29) is 17.5 Å². The van der Waals surface area contributed by atoms with Crippen LogP contribution in [0, 0.1) is 5.41 Å². The van der Waals surface area contributed by atoms with Gasteiger partial charge in [0, 0.05) is 38.5 Å². The minimum Gasteiger partial charge on any atom is -0.352 e. The number of ketones is 2. The summed E-state index contributed by atoms with van der Waals surface area (Å²) < 4.78 is 0. The number of carbonyl (C=O) groups is 3. The maximum atomic E-state index is 12.7. The second-order valence-electron chi connectivity index (χ2n) is 8.56.